The first kappa shape index (κ1) is 22.0. The van der Waals surface area contributed by atoms with Gasteiger partial charge in [-0.25, -0.2) is 4.79 Å². The topological polar surface area (TPSA) is 74.3 Å². The van der Waals surface area contributed by atoms with E-state index in [2.05, 4.69) is 18.7 Å². The van der Waals surface area contributed by atoms with Crippen molar-refractivity contribution >= 4 is 22.8 Å². The molecular formula is C26H29N5O3. The van der Waals surface area contributed by atoms with E-state index in [1.54, 1.807) is 7.05 Å². The summed E-state index contributed by atoms with van der Waals surface area (Å²) in [6, 6.07) is 17.5. The van der Waals surface area contributed by atoms with E-state index in [9.17, 15) is 9.59 Å². The number of hydrogen-bond donors (Lipinski definition) is 0. The van der Waals surface area contributed by atoms with Gasteiger partial charge in [0, 0.05) is 32.4 Å². The molecule has 0 amide bonds. The zero-order valence-electron chi connectivity index (χ0n) is 19.8. The minimum absolute atomic E-state index is 0.258. The number of fused-ring (bicyclic) bond motifs is 3. The van der Waals surface area contributed by atoms with Crippen molar-refractivity contribution in [2.45, 2.75) is 39.8 Å². The van der Waals surface area contributed by atoms with Gasteiger partial charge in [0.2, 0.25) is 5.95 Å². The van der Waals surface area contributed by atoms with Gasteiger partial charge in [0.05, 0.1) is 0 Å². The van der Waals surface area contributed by atoms with Crippen LogP contribution in [0.15, 0.2) is 64.2 Å². The number of aromatic nitrogens is 4. The van der Waals surface area contributed by atoms with Gasteiger partial charge in [0.15, 0.2) is 11.2 Å². The van der Waals surface area contributed by atoms with Crippen LogP contribution in [-0.2, 0) is 20.1 Å². The summed E-state index contributed by atoms with van der Waals surface area (Å²) in [5.41, 5.74) is 1.31. The Labute approximate surface area is 197 Å². The van der Waals surface area contributed by atoms with E-state index in [1.807, 2.05) is 59.2 Å². The zero-order chi connectivity index (χ0) is 23.8. The highest BCUT2D eigenvalue weighted by Crippen LogP contribution is 2.32. The van der Waals surface area contributed by atoms with Crippen LogP contribution in [0.3, 0.4) is 0 Å². The van der Waals surface area contributed by atoms with Crippen LogP contribution in [-0.4, -0.2) is 25.2 Å². The fourth-order valence-corrected chi connectivity index (χ4v) is 4.41. The molecule has 0 aliphatic carbocycles. The molecule has 176 valence electrons. The SMILES string of the molecule is CC(C)CCn1c(=O)c2c(nc3n2CCCN3c2ccc(Oc3ccccc3)cc2)n(C)c1=O. The fraction of sp³-hybridized carbons (Fsp3) is 0.346. The molecule has 3 heterocycles. The summed E-state index contributed by atoms with van der Waals surface area (Å²) in [6.45, 7) is 6.05. The average molecular weight is 460 g/mol. The Morgan fingerprint density at radius 1 is 0.971 bits per heavy atom. The van der Waals surface area contributed by atoms with E-state index in [0.29, 0.717) is 36.1 Å². The Bertz CT molecular complexity index is 1430. The molecule has 4 aromatic rings. The number of imidazole rings is 1. The molecule has 34 heavy (non-hydrogen) atoms. The predicted octanol–water partition coefficient (Wildman–Crippen LogP) is 4.28. The van der Waals surface area contributed by atoms with Crippen LogP contribution in [0.2, 0.25) is 0 Å². The van der Waals surface area contributed by atoms with Gasteiger partial charge in [0.1, 0.15) is 11.5 Å². The van der Waals surface area contributed by atoms with Crippen LogP contribution < -0.4 is 20.9 Å². The lowest BCUT2D eigenvalue weighted by atomic mass is 10.1. The zero-order valence-corrected chi connectivity index (χ0v) is 19.8. The van der Waals surface area contributed by atoms with Crippen molar-refractivity contribution in [2.75, 3.05) is 11.4 Å². The molecule has 0 bridgehead atoms. The van der Waals surface area contributed by atoms with Crippen LogP contribution in [0.4, 0.5) is 11.6 Å². The normalized spacial score (nSPS) is 13.5. The number of benzene rings is 2. The predicted molar refractivity (Wildman–Crippen MR) is 133 cm³/mol. The number of aryl methyl sites for hydroxylation is 2. The summed E-state index contributed by atoms with van der Waals surface area (Å²) in [6.07, 6.45) is 1.64. The van der Waals surface area contributed by atoms with Crippen molar-refractivity contribution in [3.8, 4) is 11.5 Å². The molecule has 0 saturated heterocycles. The van der Waals surface area contributed by atoms with Crippen LogP contribution in [0.1, 0.15) is 26.7 Å². The summed E-state index contributed by atoms with van der Waals surface area (Å²) in [4.78, 5) is 33.1. The summed E-state index contributed by atoms with van der Waals surface area (Å²) in [5, 5.41) is 0. The summed E-state index contributed by atoms with van der Waals surface area (Å²) in [7, 11) is 1.69. The Morgan fingerprint density at radius 2 is 1.68 bits per heavy atom. The maximum atomic E-state index is 13.4. The van der Waals surface area contributed by atoms with Crippen LogP contribution >= 0.6 is 0 Å². The van der Waals surface area contributed by atoms with Gasteiger partial charge >= 0.3 is 5.69 Å². The lowest BCUT2D eigenvalue weighted by molar-refractivity contribution is 0.482. The smallest absolute Gasteiger partial charge is 0.332 e. The lowest BCUT2D eigenvalue weighted by Gasteiger charge is -2.29. The number of hydrogen-bond acceptors (Lipinski definition) is 5. The Morgan fingerprint density at radius 3 is 2.38 bits per heavy atom. The molecule has 2 aromatic carbocycles. The number of para-hydroxylation sites is 1. The molecule has 0 unspecified atom stereocenters. The van der Waals surface area contributed by atoms with Crippen LogP contribution in [0.5, 0.6) is 11.5 Å². The lowest BCUT2D eigenvalue weighted by Crippen LogP contribution is -2.40. The van der Waals surface area contributed by atoms with Crippen molar-refractivity contribution in [3.05, 3.63) is 75.4 Å². The van der Waals surface area contributed by atoms with Gasteiger partial charge in [0.25, 0.3) is 5.56 Å². The molecule has 5 rings (SSSR count). The molecule has 1 aliphatic heterocycles. The van der Waals surface area contributed by atoms with Crippen molar-refractivity contribution < 1.29 is 4.74 Å². The first-order valence-electron chi connectivity index (χ1n) is 11.7. The van der Waals surface area contributed by atoms with E-state index in [-0.39, 0.29) is 11.2 Å². The Hall–Kier alpha value is -3.81. The quantitative estimate of drug-likeness (QED) is 0.430. The van der Waals surface area contributed by atoms with Gasteiger partial charge in [-0.1, -0.05) is 32.0 Å². The maximum Gasteiger partial charge on any atom is 0.332 e. The van der Waals surface area contributed by atoms with E-state index in [0.717, 1.165) is 36.6 Å². The van der Waals surface area contributed by atoms with E-state index >= 15 is 0 Å². The minimum atomic E-state index is -0.317. The van der Waals surface area contributed by atoms with Gasteiger partial charge < -0.3 is 14.2 Å². The summed E-state index contributed by atoms with van der Waals surface area (Å²) in [5.74, 6) is 2.61. The first-order chi connectivity index (χ1) is 16.4. The summed E-state index contributed by atoms with van der Waals surface area (Å²) < 4.78 is 10.7. The number of rotatable bonds is 6. The molecule has 1 aliphatic rings. The Kier molecular flexibility index (Phi) is 5.73. The second kappa shape index (κ2) is 8.85. The molecule has 0 spiro atoms. The molecular weight excluding hydrogens is 430 g/mol. The van der Waals surface area contributed by atoms with Gasteiger partial charge in [-0.05, 0) is 55.2 Å². The van der Waals surface area contributed by atoms with E-state index < -0.39 is 0 Å². The van der Waals surface area contributed by atoms with Crippen molar-refractivity contribution in [1.82, 2.24) is 18.7 Å². The molecule has 8 heteroatoms. The maximum absolute atomic E-state index is 13.4. The molecule has 8 nitrogen and oxygen atoms in total. The van der Waals surface area contributed by atoms with Crippen molar-refractivity contribution in [2.24, 2.45) is 13.0 Å². The molecule has 0 atom stereocenters. The largest absolute Gasteiger partial charge is 0.457 e. The monoisotopic (exact) mass is 459 g/mol. The van der Waals surface area contributed by atoms with E-state index in [1.165, 1.54) is 9.13 Å². The third-order valence-electron chi connectivity index (χ3n) is 6.27. The highest BCUT2D eigenvalue weighted by atomic mass is 16.5. The average Bonchev–Trinajstić information content (AvgIpc) is 3.24. The molecule has 0 fully saturated rings. The number of anilines is 2. The van der Waals surface area contributed by atoms with Gasteiger partial charge in [-0.3, -0.25) is 13.9 Å². The summed E-state index contributed by atoms with van der Waals surface area (Å²) >= 11 is 0. The number of nitrogens with zero attached hydrogens (tertiary/aromatic N) is 5. The molecule has 0 N–H and O–H groups in total. The standard InChI is InChI=1S/C26H29N5O3/c1-18(2)14-17-31-24(32)22-23(28(3)26(31)33)27-25-29(15-7-16-30(22)25)19-10-12-21(13-11-19)34-20-8-5-4-6-9-20/h4-6,8-13,18H,7,14-17H2,1-3H3. The first-order valence-corrected chi connectivity index (χ1v) is 11.7. The highest BCUT2D eigenvalue weighted by molar-refractivity contribution is 5.77. The van der Waals surface area contributed by atoms with Crippen LogP contribution in [0.25, 0.3) is 11.2 Å². The third-order valence-corrected chi connectivity index (χ3v) is 6.27. The minimum Gasteiger partial charge on any atom is -0.457 e. The highest BCUT2D eigenvalue weighted by Gasteiger charge is 2.27. The van der Waals surface area contributed by atoms with Crippen molar-refractivity contribution in [3.63, 3.8) is 0 Å². The third kappa shape index (κ3) is 3.89. The molecule has 0 saturated carbocycles. The van der Waals surface area contributed by atoms with Crippen LogP contribution in [0, 0.1) is 5.92 Å². The van der Waals surface area contributed by atoms with E-state index in [4.69, 9.17) is 9.72 Å². The van der Waals surface area contributed by atoms with Crippen molar-refractivity contribution in [1.29, 1.82) is 0 Å². The van der Waals surface area contributed by atoms with Gasteiger partial charge in [-0.15, -0.1) is 0 Å². The fourth-order valence-electron chi connectivity index (χ4n) is 4.41. The molecule has 0 radical (unpaired) electrons. The van der Waals surface area contributed by atoms with Gasteiger partial charge in [-0.2, -0.15) is 4.98 Å². The molecule has 2 aromatic heterocycles. The Balaban J connectivity index is 1.53. The second-order valence-corrected chi connectivity index (χ2v) is 9.13. The number of ether oxygens (including phenoxy) is 1. The second-order valence-electron chi connectivity index (χ2n) is 9.13.